The van der Waals surface area contributed by atoms with Crippen molar-refractivity contribution in [1.29, 1.82) is 0 Å². The minimum Gasteiger partial charge on any atom is -0.353 e. The van der Waals surface area contributed by atoms with Crippen molar-refractivity contribution in [2.75, 3.05) is 5.88 Å². The number of hydrogen-bond donors (Lipinski definition) is 1. The van der Waals surface area contributed by atoms with Crippen LogP contribution in [0.25, 0.3) is 0 Å². The fraction of sp³-hybridized carbons (Fsp3) is 0.909. The average Bonchev–Trinajstić information content (AvgIpc) is 2.99. The van der Waals surface area contributed by atoms with Crippen LogP contribution in [0.4, 0.5) is 0 Å². The van der Waals surface area contributed by atoms with Gasteiger partial charge >= 0.3 is 0 Å². The highest BCUT2D eigenvalue weighted by Crippen LogP contribution is 2.36. The summed E-state index contributed by atoms with van der Waals surface area (Å²) < 4.78 is 0. The van der Waals surface area contributed by atoms with Crippen molar-refractivity contribution < 1.29 is 4.79 Å². The molecule has 2 atom stereocenters. The summed E-state index contributed by atoms with van der Waals surface area (Å²) in [6.07, 6.45) is 4.29. The number of rotatable bonds is 6. The zero-order chi connectivity index (χ0) is 10.6. The maximum Gasteiger partial charge on any atom is 0.223 e. The second-order valence-electron chi connectivity index (χ2n) is 4.22. The third kappa shape index (κ3) is 3.49. The second-order valence-corrected chi connectivity index (χ2v) is 4.60. The Morgan fingerprint density at radius 1 is 1.57 bits per heavy atom. The molecule has 0 aromatic carbocycles. The highest BCUT2D eigenvalue weighted by atomic mass is 35.5. The lowest BCUT2D eigenvalue weighted by atomic mass is 10.0. The summed E-state index contributed by atoms with van der Waals surface area (Å²) in [5.74, 6) is 1.67. The molecule has 0 bridgehead atoms. The molecule has 0 aromatic rings. The summed E-state index contributed by atoms with van der Waals surface area (Å²) in [6, 6.07) is 0.265. The number of alkyl halides is 1. The molecule has 1 amide bonds. The first-order chi connectivity index (χ1) is 6.69. The van der Waals surface area contributed by atoms with E-state index in [0.29, 0.717) is 11.8 Å². The number of nitrogens with one attached hydrogen (secondary N) is 1. The largest absolute Gasteiger partial charge is 0.353 e. The summed E-state index contributed by atoms with van der Waals surface area (Å²) in [5, 5.41) is 3.07. The molecule has 3 heteroatoms. The average molecular weight is 218 g/mol. The second kappa shape index (κ2) is 5.59. The summed E-state index contributed by atoms with van der Waals surface area (Å²) in [4.78, 5) is 11.7. The molecule has 82 valence electrons. The Balaban J connectivity index is 2.29. The van der Waals surface area contributed by atoms with Crippen LogP contribution in [0, 0.1) is 11.8 Å². The van der Waals surface area contributed by atoms with Crippen LogP contribution in [0.3, 0.4) is 0 Å². The van der Waals surface area contributed by atoms with Crippen molar-refractivity contribution in [3.63, 3.8) is 0 Å². The summed E-state index contributed by atoms with van der Waals surface area (Å²) in [5.41, 5.74) is 0. The lowest BCUT2D eigenvalue weighted by molar-refractivity contribution is -0.125. The van der Waals surface area contributed by atoms with Gasteiger partial charge in [-0.25, -0.2) is 0 Å². The van der Waals surface area contributed by atoms with E-state index in [0.717, 1.165) is 12.8 Å². The van der Waals surface area contributed by atoms with E-state index in [1.165, 1.54) is 12.8 Å². The fourth-order valence-electron chi connectivity index (χ4n) is 1.65. The first-order valence-electron chi connectivity index (χ1n) is 5.55. The maximum absolute atomic E-state index is 11.7. The third-order valence-electron chi connectivity index (χ3n) is 3.04. The Bertz CT molecular complexity index is 192. The molecular formula is C11H20ClNO. The van der Waals surface area contributed by atoms with E-state index in [4.69, 9.17) is 11.6 Å². The van der Waals surface area contributed by atoms with Gasteiger partial charge in [-0.3, -0.25) is 4.79 Å². The van der Waals surface area contributed by atoms with Crippen LogP contribution in [0.1, 0.15) is 39.5 Å². The molecule has 1 fully saturated rings. The van der Waals surface area contributed by atoms with Gasteiger partial charge in [0.05, 0.1) is 0 Å². The predicted molar refractivity (Wildman–Crippen MR) is 59.4 cm³/mol. The van der Waals surface area contributed by atoms with Gasteiger partial charge in [-0.05, 0) is 31.6 Å². The van der Waals surface area contributed by atoms with Crippen LogP contribution < -0.4 is 5.32 Å². The lowest BCUT2D eigenvalue weighted by Crippen LogP contribution is -2.38. The van der Waals surface area contributed by atoms with Gasteiger partial charge in [0, 0.05) is 17.8 Å². The molecule has 0 aromatic heterocycles. The highest BCUT2D eigenvalue weighted by molar-refractivity contribution is 6.17. The van der Waals surface area contributed by atoms with Crippen molar-refractivity contribution in [2.24, 2.45) is 11.8 Å². The van der Waals surface area contributed by atoms with Gasteiger partial charge in [0.15, 0.2) is 0 Å². The Hall–Kier alpha value is -0.240. The van der Waals surface area contributed by atoms with Crippen LogP contribution in [-0.2, 0) is 4.79 Å². The van der Waals surface area contributed by atoms with E-state index in [-0.39, 0.29) is 17.9 Å². The van der Waals surface area contributed by atoms with E-state index < -0.39 is 0 Å². The third-order valence-corrected chi connectivity index (χ3v) is 3.26. The number of amides is 1. The predicted octanol–water partition coefficient (Wildman–Crippen LogP) is 2.56. The molecule has 1 aliphatic carbocycles. The molecule has 1 saturated carbocycles. The molecule has 0 heterocycles. The first-order valence-corrected chi connectivity index (χ1v) is 6.08. The van der Waals surface area contributed by atoms with E-state index in [1.807, 2.05) is 6.92 Å². The number of hydrogen-bond acceptors (Lipinski definition) is 1. The molecule has 1 rings (SSSR count). The Kier molecular flexibility index (Phi) is 4.73. The zero-order valence-corrected chi connectivity index (χ0v) is 9.81. The fourth-order valence-corrected chi connectivity index (χ4v) is 1.92. The van der Waals surface area contributed by atoms with Gasteiger partial charge in [0.25, 0.3) is 0 Å². The molecule has 0 spiro atoms. The van der Waals surface area contributed by atoms with Gasteiger partial charge < -0.3 is 5.32 Å². The first kappa shape index (κ1) is 11.8. The SMILES string of the molecule is CCC(CCCl)NC(=O)C(C)C1CC1. The van der Waals surface area contributed by atoms with Crippen LogP contribution in [0.15, 0.2) is 0 Å². The molecule has 0 radical (unpaired) electrons. The Morgan fingerprint density at radius 2 is 2.21 bits per heavy atom. The van der Waals surface area contributed by atoms with E-state index in [1.54, 1.807) is 0 Å². The molecule has 14 heavy (non-hydrogen) atoms. The molecule has 1 aliphatic rings. The zero-order valence-electron chi connectivity index (χ0n) is 9.05. The molecule has 0 aliphatic heterocycles. The van der Waals surface area contributed by atoms with Gasteiger partial charge in [-0.2, -0.15) is 0 Å². The topological polar surface area (TPSA) is 29.1 Å². The van der Waals surface area contributed by atoms with Crippen LogP contribution in [-0.4, -0.2) is 17.8 Å². The smallest absolute Gasteiger partial charge is 0.223 e. The van der Waals surface area contributed by atoms with Crippen LogP contribution >= 0.6 is 11.6 Å². The quantitative estimate of drug-likeness (QED) is 0.681. The van der Waals surface area contributed by atoms with Crippen LogP contribution in [0.5, 0.6) is 0 Å². The van der Waals surface area contributed by atoms with Gasteiger partial charge in [-0.15, -0.1) is 11.6 Å². The van der Waals surface area contributed by atoms with Gasteiger partial charge in [0.2, 0.25) is 5.91 Å². The molecular weight excluding hydrogens is 198 g/mol. The standard InChI is InChI=1S/C11H20ClNO/c1-3-10(6-7-12)13-11(14)8(2)9-4-5-9/h8-10H,3-7H2,1-2H3,(H,13,14). The summed E-state index contributed by atoms with van der Waals surface area (Å²) in [6.45, 7) is 4.11. The van der Waals surface area contributed by atoms with Crippen molar-refractivity contribution >= 4 is 17.5 Å². The van der Waals surface area contributed by atoms with Crippen molar-refractivity contribution in [2.45, 2.75) is 45.6 Å². The Labute approximate surface area is 91.4 Å². The van der Waals surface area contributed by atoms with Crippen molar-refractivity contribution in [3.8, 4) is 0 Å². The summed E-state index contributed by atoms with van der Waals surface area (Å²) >= 11 is 5.66. The molecule has 0 saturated heterocycles. The van der Waals surface area contributed by atoms with Gasteiger partial charge in [-0.1, -0.05) is 13.8 Å². The number of carbonyl (C=O) groups excluding carboxylic acids is 1. The molecule has 2 unspecified atom stereocenters. The van der Waals surface area contributed by atoms with Crippen molar-refractivity contribution in [1.82, 2.24) is 5.32 Å². The minimum atomic E-state index is 0.194. The van der Waals surface area contributed by atoms with Crippen molar-refractivity contribution in [3.05, 3.63) is 0 Å². The summed E-state index contributed by atoms with van der Waals surface area (Å²) in [7, 11) is 0. The maximum atomic E-state index is 11.7. The van der Waals surface area contributed by atoms with E-state index in [2.05, 4.69) is 12.2 Å². The highest BCUT2D eigenvalue weighted by Gasteiger charge is 2.32. The normalized spacial score (nSPS) is 20.2. The van der Waals surface area contributed by atoms with Crippen LogP contribution in [0.2, 0.25) is 0 Å². The number of carbonyl (C=O) groups is 1. The molecule has 1 N–H and O–H groups in total. The minimum absolute atomic E-state index is 0.194. The monoisotopic (exact) mass is 217 g/mol. The van der Waals surface area contributed by atoms with E-state index in [9.17, 15) is 4.79 Å². The molecule has 2 nitrogen and oxygen atoms in total. The van der Waals surface area contributed by atoms with Gasteiger partial charge in [0.1, 0.15) is 0 Å². The lowest BCUT2D eigenvalue weighted by Gasteiger charge is -2.18. The number of halogens is 1. The van der Waals surface area contributed by atoms with E-state index >= 15 is 0 Å². The Morgan fingerprint density at radius 3 is 2.64 bits per heavy atom.